The number of rotatable bonds is 2. The van der Waals surface area contributed by atoms with E-state index in [1.165, 1.54) is 11.1 Å². The van der Waals surface area contributed by atoms with E-state index in [0.717, 1.165) is 15.7 Å². The van der Waals surface area contributed by atoms with Gasteiger partial charge in [0.15, 0.2) is 0 Å². The smallest absolute Gasteiger partial charge is 0.256 e. The van der Waals surface area contributed by atoms with Gasteiger partial charge in [0.25, 0.3) is 5.91 Å². The normalized spacial score (nSPS) is 10.3. The third-order valence-electron chi connectivity index (χ3n) is 3.13. The van der Waals surface area contributed by atoms with Crippen LogP contribution in [0.2, 0.25) is 0 Å². The summed E-state index contributed by atoms with van der Waals surface area (Å²) in [5.74, 6) is -0.0983. The Hall–Kier alpha value is -1.61. The number of hydrogen-bond donors (Lipinski definition) is 1. The maximum Gasteiger partial charge on any atom is 0.256 e. The number of amides is 1. The molecule has 0 saturated heterocycles. The molecule has 0 atom stereocenters. The molecule has 2 nitrogen and oxygen atoms in total. The molecule has 2 aromatic rings. The maximum atomic E-state index is 12.2. The Morgan fingerprint density at radius 2 is 1.74 bits per heavy atom. The molecule has 0 fully saturated rings. The van der Waals surface area contributed by atoms with Crippen molar-refractivity contribution in [2.75, 3.05) is 5.32 Å². The summed E-state index contributed by atoms with van der Waals surface area (Å²) in [6.07, 6.45) is 0. The Bertz CT molecular complexity index is 635. The molecule has 0 spiro atoms. The average molecular weight is 318 g/mol. The van der Waals surface area contributed by atoms with Crippen molar-refractivity contribution in [1.82, 2.24) is 0 Å². The van der Waals surface area contributed by atoms with E-state index in [1.54, 1.807) is 0 Å². The molecule has 1 amide bonds. The second-order valence-electron chi connectivity index (χ2n) is 4.74. The summed E-state index contributed by atoms with van der Waals surface area (Å²) in [6.45, 7) is 6.06. The highest BCUT2D eigenvalue weighted by Gasteiger charge is 2.10. The molecule has 19 heavy (non-hydrogen) atoms. The van der Waals surface area contributed by atoms with Gasteiger partial charge in [0.2, 0.25) is 0 Å². The summed E-state index contributed by atoms with van der Waals surface area (Å²) in [4.78, 5) is 12.2. The summed E-state index contributed by atoms with van der Waals surface area (Å²) < 4.78 is 0.805. The van der Waals surface area contributed by atoms with Gasteiger partial charge in [-0.3, -0.25) is 4.79 Å². The molecule has 0 heterocycles. The van der Waals surface area contributed by atoms with Gasteiger partial charge < -0.3 is 5.32 Å². The molecule has 0 saturated carbocycles. The third-order valence-corrected chi connectivity index (χ3v) is 3.82. The fraction of sp³-hybridized carbons (Fsp3) is 0.188. The van der Waals surface area contributed by atoms with Crippen molar-refractivity contribution in [2.24, 2.45) is 0 Å². The van der Waals surface area contributed by atoms with E-state index in [2.05, 4.69) is 28.2 Å². The molecule has 2 aromatic carbocycles. The summed E-state index contributed by atoms with van der Waals surface area (Å²) in [5, 5.41) is 2.93. The van der Waals surface area contributed by atoms with Gasteiger partial charge in [0.1, 0.15) is 0 Å². The molecule has 3 heteroatoms. The largest absolute Gasteiger partial charge is 0.322 e. The molecular weight excluding hydrogens is 302 g/mol. The lowest BCUT2D eigenvalue weighted by Gasteiger charge is -2.09. The Kier molecular flexibility index (Phi) is 4.05. The fourth-order valence-electron chi connectivity index (χ4n) is 1.83. The van der Waals surface area contributed by atoms with Gasteiger partial charge in [0.05, 0.1) is 5.56 Å². The van der Waals surface area contributed by atoms with E-state index >= 15 is 0 Å². The topological polar surface area (TPSA) is 29.1 Å². The second kappa shape index (κ2) is 5.57. The van der Waals surface area contributed by atoms with Crippen LogP contribution < -0.4 is 5.32 Å². The van der Waals surface area contributed by atoms with Crippen LogP contribution in [0.4, 0.5) is 5.69 Å². The Morgan fingerprint density at radius 1 is 1.00 bits per heavy atom. The van der Waals surface area contributed by atoms with E-state index in [4.69, 9.17) is 0 Å². The first-order chi connectivity index (χ1) is 8.97. The van der Waals surface area contributed by atoms with Gasteiger partial charge in [-0.05, 0) is 72.1 Å². The summed E-state index contributed by atoms with van der Waals surface area (Å²) in [5.41, 5.74) is 4.92. The highest BCUT2D eigenvalue weighted by Crippen LogP contribution is 2.20. The highest BCUT2D eigenvalue weighted by molar-refractivity contribution is 9.10. The third kappa shape index (κ3) is 3.24. The van der Waals surface area contributed by atoms with E-state index in [-0.39, 0.29) is 5.91 Å². The van der Waals surface area contributed by atoms with Crippen LogP contribution in [0, 0.1) is 20.8 Å². The fourth-order valence-corrected chi connectivity index (χ4v) is 2.26. The van der Waals surface area contributed by atoms with Gasteiger partial charge in [-0.15, -0.1) is 0 Å². The van der Waals surface area contributed by atoms with Gasteiger partial charge in [-0.25, -0.2) is 0 Å². The first kappa shape index (κ1) is 13.8. The van der Waals surface area contributed by atoms with Crippen LogP contribution in [0.15, 0.2) is 40.9 Å². The van der Waals surface area contributed by atoms with E-state index in [1.807, 2.05) is 50.2 Å². The number of carbonyl (C=O) groups excluding carboxylic acids is 1. The molecule has 2 rings (SSSR count). The minimum Gasteiger partial charge on any atom is -0.322 e. The van der Waals surface area contributed by atoms with Gasteiger partial charge in [-0.1, -0.05) is 17.7 Å². The monoisotopic (exact) mass is 317 g/mol. The first-order valence-corrected chi connectivity index (χ1v) is 6.91. The highest BCUT2D eigenvalue weighted by atomic mass is 79.9. The standard InChI is InChI=1S/C16H16BrNO/c1-10-4-7-15(17)14(8-10)16(19)18-13-6-5-11(2)12(3)9-13/h4-9H,1-3H3,(H,18,19). The molecule has 0 bridgehead atoms. The predicted octanol–water partition coefficient (Wildman–Crippen LogP) is 4.63. The van der Waals surface area contributed by atoms with Gasteiger partial charge in [-0.2, -0.15) is 0 Å². The first-order valence-electron chi connectivity index (χ1n) is 6.12. The molecule has 98 valence electrons. The average Bonchev–Trinajstić information content (AvgIpc) is 2.36. The number of halogens is 1. The number of benzene rings is 2. The van der Waals surface area contributed by atoms with Crippen molar-refractivity contribution in [1.29, 1.82) is 0 Å². The maximum absolute atomic E-state index is 12.2. The lowest BCUT2D eigenvalue weighted by molar-refractivity contribution is 0.102. The molecule has 0 aliphatic rings. The molecule has 0 unspecified atom stereocenters. The number of nitrogens with one attached hydrogen (secondary N) is 1. The number of hydrogen-bond acceptors (Lipinski definition) is 1. The van der Waals surface area contributed by atoms with Crippen molar-refractivity contribution < 1.29 is 4.79 Å². The number of aryl methyl sites for hydroxylation is 3. The van der Waals surface area contributed by atoms with Gasteiger partial charge >= 0.3 is 0 Å². The van der Waals surface area contributed by atoms with Crippen LogP contribution in [0.25, 0.3) is 0 Å². The lowest BCUT2D eigenvalue weighted by atomic mass is 10.1. The van der Waals surface area contributed by atoms with Crippen LogP contribution in [-0.4, -0.2) is 5.91 Å². The molecule has 0 aliphatic heterocycles. The number of carbonyl (C=O) groups is 1. The Balaban J connectivity index is 2.25. The zero-order valence-corrected chi connectivity index (χ0v) is 12.8. The van der Waals surface area contributed by atoms with Crippen LogP contribution in [-0.2, 0) is 0 Å². The van der Waals surface area contributed by atoms with Crippen LogP contribution in [0.3, 0.4) is 0 Å². The molecular formula is C16H16BrNO. The second-order valence-corrected chi connectivity index (χ2v) is 5.59. The molecule has 0 aromatic heterocycles. The minimum absolute atomic E-state index is 0.0983. The van der Waals surface area contributed by atoms with Crippen LogP contribution >= 0.6 is 15.9 Å². The quantitative estimate of drug-likeness (QED) is 0.859. The number of anilines is 1. The van der Waals surface area contributed by atoms with E-state index in [0.29, 0.717) is 5.56 Å². The molecule has 0 radical (unpaired) electrons. The van der Waals surface area contributed by atoms with Crippen molar-refractivity contribution in [3.63, 3.8) is 0 Å². The molecule has 1 N–H and O–H groups in total. The molecule has 0 aliphatic carbocycles. The SMILES string of the molecule is Cc1ccc(Br)c(C(=O)Nc2ccc(C)c(C)c2)c1. The zero-order valence-electron chi connectivity index (χ0n) is 11.3. The Morgan fingerprint density at radius 3 is 2.42 bits per heavy atom. The van der Waals surface area contributed by atoms with Crippen LogP contribution in [0.5, 0.6) is 0 Å². The Labute approximate surface area is 122 Å². The predicted molar refractivity (Wildman–Crippen MR) is 82.7 cm³/mol. The van der Waals surface area contributed by atoms with Crippen molar-refractivity contribution in [3.05, 3.63) is 63.1 Å². The van der Waals surface area contributed by atoms with Gasteiger partial charge in [0, 0.05) is 10.2 Å². The summed E-state index contributed by atoms with van der Waals surface area (Å²) in [7, 11) is 0. The summed E-state index contributed by atoms with van der Waals surface area (Å²) >= 11 is 3.41. The minimum atomic E-state index is -0.0983. The lowest BCUT2D eigenvalue weighted by Crippen LogP contribution is -2.13. The van der Waals surface area contributed by atoms with E-state index < -0.39 is 0 Å². The van der Waals surface area contributed by atoms with Crippen molar-refractivity contribution >= 4 is 27.5 Å². The van der Waals surface area contributed by atoms with E-state index in [9.17, 15) is 4.79 Å². The zero-order chi connectivity index (χ0) is 14.0. The van der Waals surface area contributed by atoms with Crippen molar-refractivity contribution in [2.45, 2.75) is 20.8 Å². The summed E-state index contributed by atoms with van der Waals surface area (Å²) in [6, 6.07) is 11.7. The van der Waals surface area contributed by atoms with Crippen molar-refractivity contribution in [3.8, 4) is 0 Å². The van der Waals surface area contributed by atoms with Crippen LogP contribution in [0.1, 0.15) is 27.0 Å².